The average molecular weight is 486 g/mol. The van der Waals surface area contributed by atoms with E-state index in [1.54, 1.807) is 17.8 Å². The highest BCUT2D eigenvalue weighted by atomic mass is 127. The van der Waals surface area contributed by atoms with E-state index in [2.05, 4.69) is 25.7 Å². The topological polar surface area (TPSA) is 67.1 Å². The van der Waals surface area contributed by atoms with Gasteiger partial charge < -0.3 is 10.6 Å². The van der Waals surface area contributed by atoms with Gasteiger partial charge in [0.15, 0.2) is 5.96 Å². The van der Waals surface area contributed by atoms with Crippen molar-refractivity contribution in [2.24, 2.45) is 12.0 Å². The van der Waals surface area contributed by atoms with Crippen molar-refractivity contribution in [1.29, 1.82) is 0 Å². The molecule has 3 rings (SSSR count). The summed E-state index contributed by atoms with van der Waals surface area (Å²) in [4.78, 5) is 8.51. The lowest BCUT2D eigenvalue weighted by atomic mass is 9.69. The fourth-order valence-corrected chi connectivity index (χ4v) is 3.73. The van der Waals surface area contributed by atoms with Crippen LogP contribution in [-0.4, -0.2) is 34.3 Å². The molecule has 0 bridgehead atoms. The van der Waals surface area contributed by atoms with Crippen LogP contribution in [0.5, 0.6) is 0 Å². The maximum absolute atomic E-state index is 13.8. The molecule has 0 spiro atoms. The van der Waals surface area contributed by atoms with Crippen molar-refractivity contribution in [3.05, 3.63) is 47.8 Å². The normalized spacial score (nSPS) is 16.5. The summed E-state index contributed by atoms with van der Waals surface area (Å²) in [5.74, 6) is 1.39. The van der Waals surface area contributed by atoms with Gasteiger partial charge in [0.2, 0.25) is 0 Å². The molecule has 1 fully saturated rings. The van der Waals surface area contributed by atoms with Gasteiger partial charge in [-0.05, 0) is 30.5 Å². The molecule has 1 aliphatic rings. The Morgan fingerprint density at radius 1 is 1.26 bits per heavy atom. The lowest BCUT2D eigenvalue weighted by Gasteiger charge is -2.38. The van der Waals surface area contributed by atoms with Crippen LogP contribution in [-0.2, 0) is 19.0 Å². The SMILES string of the molecule is CN=C(NCc1ncnn1C)NCC1(c2cccc(F)c2)CCCCC1.I. The number of guanidine groups is 1. The van der Waals surface area contributed by atoms with E-state index in [1.807, 2.05) is 19.2 Å². The first kappa shape index (κ1) is 21.6. The van der Waals surface area contributed by atoms with Crippen LogP contribution >= 0.6 is 24.0 Å². The molecule has 0 atom stereocenters. The summed E-state index contributed by atoms with van der Waals surface area (Å²) < 4.78 is 15.5. The number of aliphatic imine (C=N–C) groups is 1. The van der Waals surface area contributed by atoms with Gasteiger partial charge in [0, 0.05) is 26.1 Å². The number of hydrogen-bond acceptors (Lipinski definition) is 3. The van der Waals surface area contributed by atoms with Gasteiger partial charge in [-0.25, -0.2) is 9.37 Å². The number of aromatic nitrogens is 3. The van der Waals surface area contributed by atoms with E-state index in [-0.39, 0.29) is 35.2 Å². The molecule has 8 heteroatoms. The fraction of sp³-hybridized carbons (Fsp3) is 0.526. The Morgan fingerprint density at radius 3 is 2.67 bits per heavy atom. The van der Waals surface area contributed by atoms with E-state index in [9.17, 15) is 4.39 Å². The zero-order chi connectivity index (χ0) is 18.4. The predicted octanol–water partition coefficient (Wildman–Crippen LogP) is 3.14. The highest BCUT2D eigenvalue weighted by Gasteiger charge is 2.34. The zero-order valence-electron chi connectivity index (χ0n) is 15.9. The monoisotopic (exact) mass is 486 g/mol. The smallest absolute Gasteiger partial charge is 0.191 e. The van der Waals surface area contributed by atoms with E-state index >= 15 is 0 Å². The lowest BCUT2D eigenvalue weighted by Crippen LogP contribution is -2.46. The van der Waals surface area contributed by atoms with E-state index in [1.165, 1.54) is 31.7 Å². The van der Waals surface area contributed by atoms with E-state index < -0.39 is 0 Å². The van der Waals surface area contributed by atoms with Gasteiger partial charge in [0.05, 0.1) is 6.54 Å². The van der Waals surface area contributed by atoms with Crippen molar-refractivity contribution in [2.45, 2.75) is 44.1 Å². The number of hydrogen-bond donors (Lipinski definition) is 2. The minimum absolute atomic E-state index is 0. The van der Waals surface area contributed by atoms with Gasteiger partial charge in [0.25, 0.3) is 0 Å². The standard InChI is InChI=1S/C19H27FN6.HI/c1-21-18(22-12-17-24-14-25-26(17)2)23-13-19(9-4-3-5-10-19)15-7-6-8-16(20)11-15;/h6-8,11,14H,3-5,9-10,12-13H2,1-2H3,(H2,21,22,23);1H. The van der Waals surface area contributed by atoms with Gasteiger partial charge in [0.1, 0.15) is 18.0 Å². The molecule has 6 nitrogen and oxygen atoms in total. The number of benzene rings is 1. The number of halogens is 2. The molecular formula is C19H28FIN6. The summed E-state index contributed by atoms with van der Waals surface area (Å²) in [6.45, 7) is 1.28. The van der Waals surface area contributed by atoms with Gasteiger partial charge >= 0.3 is 0 Å². The summed E-state index contributed by atoms with van der Waals surface area (Å²) in [7, 11) is 3.61. The Morgan fingerprint density at radius 2 is 2.04 bits per heavy atom. The van der Waals surface area contributed by atoms with Crippen molar-refractivity contribution in [1.82, 2.24) is 25.4 Å². The second kappa shape index (κ2) is 10.0. The maximum Gasteiger partial charge on any atom is 0.191 e. The third-order valence-electron chi connectivity index (χ3n) is 5.28. The highest BCUT2D eigenvalue weighted by molar-refractivity contribution is 14.0. The summed E-state index contributed by atoms with van der Waals surface area (Å²) in [5.41, 5.74) is 1.02. The third-order valence-corrected chi connectivity index (χ3v) is 5.28. The minimum atomic E-state index is -0.169. The van der Waals surface area contributed by atoms with Gasteiger partial charge in [-0.15, -0.1) is 24.0 Å². The molecule has 0 unspecified atom stereocenters. The predicted molar refractivity (Wildman–Crippen MR) is 116 cm³/mol. The first-order chi connectivity index (χ1) is 12.6. The maximum atomic E-state index is 13.8. The molecule has 1 saturated carbocycles. The minimum Gasteiger partial charge on any atom is -0.356 e. The van der Waals surface area contributed by atoms with Crippen LogP contribution in [0.4, 0.5) is 4.39 Å². The van der Waals surface area contributed by atoms with Crippen molar-refractivity contribution < 1.29 is 4.39 Å². The van der Waals surface area contributed by atoms with Crippen LogP contribution in [0.25, 0.3) is 0 Å². The number of nitrogens with zero attached hydrogens (tertiary/aromatic N) is 4. The second-order valence-corrected chi connectivity index (χ2v) is 6.93. The Balaban J connectivity index is 0.00000261. The first-order valence-electron chi connectivity index (χ1n) is 9.16. The number of nitrogens with one attached hydrogen (secondary N) is 2. The van der Waals surface area contributed by atoms with Gasteiger partial charge in [-0.1, -0.05) is 31.4 Å². The van der Waals surface area contributed by atoms with Crippen molar-refractivity contribution >= 4 is 29.9 Å². The molecule has 0 radical (unpaired) electrons. The number of aryl methyl sites for hydroxylation is 1. The van der Waals surface area contributed by atoms with Gasteiger partial charge in [-0.3, -0.25) is 9.67 Å². The summed E-state index contributed by atoms with van der Waals surface area (Å²) in [6.07, 6.45) is 7.24. The summed E-state index contributed by atoms with van der Waals surface area (Å²) >= 11 is 0. The average Bonchev–Trinajstić information content (AvgIpc) is 3.07. The molecule has 0 saturated heterocycles. The Bertz CT molecular complexity index is 754. The Kier molecular flexibility index (Phi) is 8.00. The largest absolute Gasteiger partial charge is 0.356 e. The zero-order valence-corrected chi connectivity index (χ0v) is 18.2. The molecule has 2 N–H and O–H groups in total. The molecule has 0 aliphatic heterocycles. The molecular weight excluding hydrogens is 458 g/mol. The van der Waals surface area contributed by atoms with Crippen LogP contribution in [0, 0.1) is 5.82 Å². The molecule has 1 aliphatic carbocycles. The van der Waals surface area contributed by atoms with Crippen LogP contribution in [0.2, 0.25) is 0 Å². The van der Waals surface area contributed by atoms with E-state index in [0.717, 1.165) is 30.8 Å². The quantitative estimate of drug-likeness (QED) is 0.387. The van der Waals surface area contributed by atoms with E-state index in [4.69, 9.17) is 0 Å². The van der Waals surface area contributed by atoms with Crippen molar-refractivity contribution in [3.8, 4) is 0 Å². The lowest BCUT2D eigenvalue weighted by molar-refractivity contribution is 0.290. The molecule has 27 heavy (non-hydrogen) atoms. The van der Waals surface area contributed by atoms with Crippen LogP contribution in [0.3, 0.4) is 0 Å². The van der Waals surface area contributed by atoms with Crippen molar-refractivity contribution in [3.63, 3.8) is 0 Å². The molecule has 1 aromatic carbocycles. The van der Waals surface area contributed by atoms with Crippen LogP contribution in [0.15, 0.2) is 35.6 Å². The molecule has 2 aromatic rings. The Labute approximate surface area is 177 Å². The molecule has 0 amide bonds. The van der Waals surface area contributed by atoms with Crippen molar-refractivity contribution in [2.75, 3.05) is 13.6 Å². The van der Waals surface area contributed by atoms with Crippen LogP contribution in [0.1, 0.15) is 43.5 Å². The first-order valence-corrected chi connectivity index (χ1v) is 9.16. The van der Waals surface area contributed by atoms with E-state index in [0.29, 0.717) is 12.5 Å². The third kappa shape index (κ3) is 5.40. The fourth-order valence-electron chi connectivity index (χ4n) is 3.73. The highest BCUT2D eigenvalue weighted by Crippen LogP contribution is 2.39. The molecule has 1 heterocycles. The second-order valence-electron chi connectivity index (χ2n) is 6.93. The van der Waals surface area contributed by atoms with Crippen LogP contribution < -0.4 is 10.6 Å². The van der Waals surface area contributed by atoms with Gasteiger partial charge in [-0.2, -0.15) is 5.10 Å². The number of rotatable bonds is 5. The summed E-state index contributed by atoms with van der Waals surface area (Å²) in [5, 5.41) is 10.8. The molecule has 148 valence electrons. The Hall–Kier alpha value is -1.71. The molecule has 1 aromatic heterocycles. The summed E-state index contributed by atoms with van der Waals surface area (Å²) in [6, 6.07) is 7.05.